The van der Waals surface area contributed by atoms with Gasteiger partial charge in [0, 0.05) is 48.2 Å². The molecule has 0 bridgehead atoms. The monoisotopic (exact) mass is 739 g/mol. The second kappa shape index (κ2) is 21.0. The van der Waals surface area contributed by atoms with E-state index in [4.69, 9.17) is 0 Å². The van der Waals surface area contributed by atoms with Crippen molar-refractivity contribution in [1.82, 2.24) is 0 Å². The maximum absolute atomic E-state index is 10.9. The van der Waals surface area contributed by atoms with Crippen molar-refractivity contribution in [3.05, 3.63) is 152 Å². The van der Waals surface area contributed by atoms with E-state index in [0.29, 0.717) is 16.6 Å². The first kappa shape index (κ1) is 37.5. The molecule has 0 saturated heterocycles. The van der Waals surface area contributed by atoms with Crippen LogP contribution in [0.25, 0.3) is 0 Å². The molecular formula is C40H47OP2RuS. The number of allylic oxidation sites excluding steroid dienone is 4. The molecule has 4 aromatic rings. The molecule has 2 aliphatic rings. The molecule has 1 nitrogen and oxygen atoms in total. The first-order valence-corrected chi connectivity index (χ1v) is 20.3. The Morgan fingerprint density at radius 3 is 1.07 bits per heavy atom. The van der Waals surface area contributed by atoms with E-state index in [1.54, 1.807) is 0 Å². The summed E-state index contributed by atoms with van der Waals surface area (Å²) in [6.07, 6.45) is 18.2. The molecule has 0 amide bonds. The van der Waals surface area contributed by atoms with Gasteiger partial charge in [-0.05, 0) is 61.2 Å². The van der Waals surface area contributed by atoms with Crippen molar-refractivity contribution >= 4 is 47.9 Å². The zero-order valence-corrected chi connectivity index (χ0v) is 31.1. The van der Waals surface area contributed by atoms with Crippen LogP contribution in [0, 0.1) is 6.42 Å². The van der Waals surface area contributed by atoms with Crippen LogP contribution >= 0.6 is 15.8 Å². The predicted octanol–water partition coefficient (Wildman–Crippen LogP) is 9.04. The Labute approximate surface area is 290 Å². The van der Waals surface area contributed by atoms with E-state index in [0.717, 1.165) is 0 Å². The third-order valence-electron chi connectivity index (χ3n) is 8.23. The Bertz CT molecular complexity index is 1250. The van der Waals surface area contributed by atoms with Crippen LogP contribution in [0.3, 0.4) is 0 Å². The van der Waals surface area contributed by atoms with Gasteiger partial charge < -0.3 is 0 Å². The summed E-state index contributed by atoms with van der Waals surface area (Å²) in [5.41, 5.74) is 1.10. The van der Waals surface area contributed by atoms with Crippen LogP contribution in [0.15, 0.2) is 146 Å². The normalized spacial score (nSPS) is 16.0. The van der Waals surface area contributed by atoms with Gasteiger partial charge in [-0.3, -0.25) is 4.21 Å². The molecule has 1 unspecified atom stereocenters. The van der Waals surface area contributed by atoms with Crippen LogP contribution in [0.1, 0.15) is 46.0 Å². The number of rotatable bonds is 8. The fourth-order valence-corrected chi connectivity index (χ4v) is 12.9. The minimum absolute atomic E-state index is 0. The first-order valence-electron chi connectivity index (χ1n) is 15.8. The van der Waals surface area contributed by atoms with Crippen molar-refractivity contribution in [3.63, 3.8) is 0 Å². The van der Waals surface area contributed by atoms with E-state index in [1.165, 1.54) is 53.3 Å². The summed E-state index contributed by atoms with van der Waals surface area (Å²) in [5, 5.41) is 6.39. The van der Waals surface area contributed by atoms with Crippen LogP contribution in [0.2, 0.25) is 0 Å². The predicted molar refractivity (Wildman–Crippen MR) is 201 cm³/mol. The van der Waals surface area contributed by atoms with E-state index >= 15 is 0 Å². The Morgan fingerprint density at radius 1 is 0.533 bits per heavy atom. The average molecular weight is 739 g/mol. The number of hydrogen-bond donors (Lipinski definition) is 0. The maximum Gasteiger partial charge on any atom is 0.0345 e. The summed E-state index contributed by atoms with van der Waals surface area (Å²) in [6, 6.07) is 44.5. The van der Waals surface area contributed by atoms with Gasteiger partial charge in [0.05, 0.1) is 0 Å². The molecule has 1 saturated carbocycles. The molecular weight excluding hydrogens is 692 g/mol. The van der Waals surface area contributed by atoms with Gasteiger partial charge in [-0.25, -0.2) is 0 Å². The molecule has 5 heteroatoms. The summed E-state index contributed by atoms with van der Waals surface area (Å²) in [7, 11) is -1.45. The summed E-state index contributed by atoms with van der Waals surface area (Å²) < 4.78 is 10.9. The van der Waals surface area contributed by atoms with Gasteiger partial charge in [-0.2, -0.15) is 0 Å². The minimum Gasteiger partial charge on any atom is -0.260 e. The van der Waals surface area contributed by atoms with Crippen LogP contribution in [0.4, 0.5) is 0 Å². The topological polar surface area (TPSA) is 17.1 Å². The van der Waals surface area contributed by atoms with Crippen molar-refractivity contribution in [2.45, 2.75) is 62.5 Å². The molecule has 0 aromatic heterocycles. The van der Waals surface area contributed by atoms with Gasteiger partial charge in [0.25, 0.3) is 0 Å². The van der Waals surface area contributed by atoms with Gasteiger partial charge in [0.2, 0.25) is 0 Å². The summed E-state index contributed by atoms with van der Waals surface area (Å²) in [6.45, 7) is 4.94. The third kappa shape index (κ3) is 11.9. The average Bonchev–Trinajstić information content (AvgIpc) is 3.68. The molecule has 1 radical (unpaired) electrons. The van der Waals surface area contributed by atoms with Crippen molar-refractivity contribution in [2.75, 3.05) is 6.26 Å². The van der Waals surface area contributed by atoms with E-state index < -0.39 is 26.6 Å². The standard InChI is InChI=1S/C28H28P2.C7H14OS.C5H5.Ru/c1-23(29(25-15-7-3-8-16-25)26-17-9-4-10-18-26)24(2)30(27-19-11-5-12-20-27)28-21-13-6-14-22-28;1-9(8)7-5-3-2-4-6-7;1-2-4-5-3-1;/h3-24H,1-2H3;7H,2-6H2,1H3;1-5H;/t23-,24-;;;/m0.../s1. The quantitative estimate of drug-likeness (QED) is 0.130. The molecule has 2 aliphatic carbocycles. The molecule has 0 N–H and O–H groups in total. The molecule has 0 heterocycles. The van der Waals surface area contributed by atoms with Gasteiger partial charge >= 0.3 is 0 Å². The van der Waals surface area contributed by atoms with E-state index in [2.05, 4.69) is 135 Å². The van der Waals surface area contributed by atoms with E-state index in [9.17, 15) is 4.21 Å². The summed E-state index contributed by atoms with van der Waals surface area (Å²) >= 11 is 0. The smallest absolute Gasteiger partial charge is 0.0345 e. The van der Waals surface area contributed by atoms with Crippen LogP contribution in [-0.2, 0) is 30.3 Å². The molecule has 45 heavy (non-hydrogen) atoms. The second-order valence-electron chi connectivity index (χ2n) is 11.3. The molecule has 3 atom stereocenters. The van der Waals surface area contributed by atoms with Crippen molar-refractivity contribution in [2.24, 2.45) is 0 Å². The van der Waals surface area contributed by atoms with Gasteiger partial charge in [-0.15, -0.1) is 0 Å². The fraction of sp³-hybridized carbons (Fsp3) is 0.275. The van der Waals surface area contributed by atoms with E-state index in [1.807, 2.05) is 37.0 Å². The maximum atomic E-state index is 10.9. The van der Waals surface area contributed by atoms with Crippen LogP contribution < -0.4 is 21.2 Å². The molecule has 237 valence electrons. The van der Waals surface area contributed by atoms with Crippen molar-refractivity contribution in [3.8, 4) is 0 Å². The molecule has 4 aromatic carbocycles. The Morgan fingerprint density at radius 2 is 0.844 bits per heavy atom. The first-order chi connectivity index (χ1) is 21.6. The zero-order chi connectivity index (χ0) is 31.0. The largest absolute Gasteiger partial charge is 0.260 e. The molecule has 6 rings (SSSR count). The van der Waals surface area contributed by atoms with Gasteiger partial charge in [-0.1, -0.05) is 179 Å². The fourth-order valence-electron chi connectivity index (χ4n) is 5.74. The molecule has 0 spiro atoms. The van der Waals surface area contributed by atoms with Crippen molar-refractivity contribution in [1.29, 1.82) is 0 Å². The minimum atomic E-state index is -0.552. The van der Waals surface area contributed by atoms with Gasteiger partial charge in [0.15, 0.2) is 0 Å². The number of benzene rings is 4. The Kier molecular flexibility index (Phi) is 17.5. The second-order valence-corrected chi connectivity index (χ2v) is 18.1. The molecule has 0 aliphatic heterocycles. The summed E-state index contributed by atoms with van der Waals surface area (Å²) in [4.78, 5) is 0. The van der Waals surface area contributed by atoms with E-state index in [-0.39, 0.29) is 19.5 Å². The zero-order valence-electron chi connectivity index (χ0n) is 26.8. The van der Waals surface area contributed by atoms with Crippen LogP contribution in [0.5, 0.6) is 0 Å². The van der Waals surface area contributed by atoms with Gasteiger partial charge in [0.1, 0.15) is 0 Å². The number of hydrogen-bond acceptors (Lipinski definition) is 1. The SMILES string of the molecule is CS(=O)C1CCCCC1.C[C@@H]([C@H](C)P(c1ccccc1)c1ccccc1)P(c1ccccc1)c1ccccc1.[CH]1C=CC=C1.[Ru]. The van der Waals surface area contributed by atoms with Crippen LogP contribution in [-0.4, -0.2) is 27.0 Å². The van der Waals surface area contributed by atoms with Crippen molar-refractivity contribution < 1.29 is 23.7 Å². The molecule has 1 fully saturated rings. The third-order valence-corrected chi connectivity index (χ3v) is 15.8. The Balaban J connectivity index is 0.000000303. The Hall–Kier alpha value is -2.01. The summed E-state index contributed by atoms with van der Waals surface area (Å²) in [5.74, 6) is 0.